The number of sulfonamides is 1. The van der Waals surface area contributed by atoms with E-state index in [0.717, 1.165) is 16.8 Å². The number of carbonyl (C=O) groups is 1. The summed E-state index contributed by atoms with van der Waals surface area (Å²) in [6, 6.07) is 1.72. The first-order valence-corrected chi connectivity index (χ1v) is 7.91. The van der Waals surface area contributed by atoms with Crippen LogP contribution in [0.2, 0.25) is 0 Å². The van der Waals surface area contributed by atoms with Gasteiger partial charge in [0.2, 0.25) is 10.0 Å². The standard InChI is InChI=1S/C13H14F3NO4S/c1-17(8-3-2-4-8)22(20,21)9-5-6-10(12(18)19)11(7-9)13(14,15)16/h5-8H,2-4H2,1H3,(H,18,19). The molecule has 0 radical (unpaired) electrons. The number of aromatic carboxylic acids is 1. The topological polar surface area (TPSA) is 74.7 Å². The molecule has 1 saturated carbocycles. The summed E-state index contributed by atoms with van der Waals surface area (Å²) >= 11 is 0. The van der Waals surface area contributed by atoms with E-state index in [2.05, 4.69) is 0 Å². The number of alkyl halides is 3. The Balaban J connectivity index is 2.50. The highest BCUT2D eigenvalue weighted by atomic mass is 32.2. The zero-order valence-electron chi connectivity index (χ0n) is 11.6. The van der Waals surface area contributed by atoms with Crippen molar-refractivity contribution in [1.82, 2.24) is 4.31 Å². The zero-order valence-corrected chi connectivity index (χ0v) is 12.4. The number of hydrogen-bond donors (Lipinski definition) is 1. The molecule has 9 heteroatoms. The van der Waals surface area contributed by atoms with Crippen molar-refractivity contribution < 1.29 is 31.5 Å². The van der Waals surface area contributed by atoms with E-state index >= 15 is 0 Å². The molecule has 0 unspecified atom stereocenters. The van der Waals surface area contributed by atoms with Gasteiger partial charge in [0.25, 0.3) is 0 Å². The lowest BCUT2D eigenvalue weighted by Crippen LogP contribution is -2.41. The molecule has 0 spiro atoms. The van der Waals surface area contributed by atoms with Crippen molar-refractivity contribution in [2.24, 2.45) is 0 Å². The summed E-state index contributed by atoms with van der Waals surface area (Å²) in [5, 5.41) is 8.81. The summed E-state index contributed by atoms with van der Waals surface area (Å²) < 4.78 is 64.6. The number of rotatable bonds is 4. The highest BCUT2D eigenvalue weighted by Gasteiger charge is 2.38. The lowest BCUT2D eigenvalue weighted by molar-refractivity contribution is -0.138. The highest BCUT2D eigenvalue weighted by molar-refractivity contribution is 7.89. The number of hydrogen-bond acceptors (Lipinski definition) is 3. The summed E-state index contributed by atoms with van der Waals surface area (Å²) in [5.74, 6) is -1.76. The van der Waals surface area contributed by atoms with Crippen molar-refractivity contribution in [2.75, 3.05) is 7.05 Å². The largest absolute Gasteiger partial charge is 0.478 e. The molecule has 1 N–H and O–H groups in total. The van der Waals surface area contributed by atoms with E-state index in [-0.39, 0.29) is 6.04 Å². The van der Waals surface area contributed by atoms with Gasteiger partial charge in [-0.05, 0) is 31.0 Å². The van der Waals surface area contributed by atoms with Crippen molar-refractivity contribution in [2.45, 2.75) is 36.4 Å². The molecule has 0 atom stereocenters. The second-order valence-corrected chi connectivity index (χ2v) is 7.11. The van der Waals surface area contributed by atoms with E-state index in [1.165, 1.54) is 7.05 Å². The summed E-state index contributed by atoms with van der Waals surface area (Å²) in [7, 11) is -2.77. The number of halogens is 3. The molecule has 0 heterocycles. The molecule has 0 saturated heterocycles. The second kappa shape index (κ2) is 5.54. The van der Waals surface area contributed by atoms with Crippen molar-refractivity contribution in [3.8, 4) is 0 Å². The minimum absolute atomic E-state index is 0.224. The van der Waals surface area contributed by atoms with Gasteiger partial charge in [-0.3, -0.25) is 0 Å². The molecule has 0 bridgehead atoms. The Morgan fingerprint density at radius 3 is 2.32 bits per heavy atom. The highest BCUT2D eigenvalue weighted by Crippen LogP contribution is 2.35. The maximum Gasteiger partial charge on any atom is 0.417 e. The molecular formula is C13H14F3NO4S. The molecule has 1 aliphatic carbocycles. The third kappa shape index (κ3) is 2.95. The fraction of sp³-hybridized carbons (Fsp3) is 0.462. The molecule has 0 aromatic heterocycles. The van der Waals surface area contributed by atoms with E-state index < -0.39 is 38.2 Å². The average Bonchev–Trinajstić information content (AvgIpc) is 2.34. The van der Waals surface area contributed by atoms with Gasteiger partial charge in [-0.25, -0.2) is 13.2 Å². The van der Waals surface area contributed by atoms with Crippen LogP contribution in [0.5, 0.6) is 0 Å². The molecule has 5 nitrogen and oxygen atoms in total. The van der Waals surface area contributed by atoms with Crippen LogP contribution in [0.4, 0.5) is 13.2 Å². The Morgan fingerprint density at radius 2 is 1.91 bits per heavy atom. The summed E-state index contributed by atoms with van der Waals surface area (Å²) in [4.78, 5) is 10.3. The maximum absolute atomic E-state index is 12.9. The predicted molar refractivity (Wildman–Crippen MR) is 71.0 cm³/mol. The first-order valence-electron chi connectivity index (χ1n) is 6.47. The molecule has 0 amide bonds. The third-order valence-electron chi connectivity index (χ3n) is 3.79. The van der Waals surface area contributed by atoms with Gasteiger partial charge in [-0.1, -0.05) is 6.42 Å². The number of carboxylic acid groups (broad SMARTS) is 1. The van der Waals surface area contributed by atoms with Gasteiger partial charge in [0.1, 0.15) is 0 Å². The van der Waals surface area contributed by atoms with E-state index in [4.69, 9.17) is 5.11 Å². The molecule has 1 aliphatic rings. The molecule has 0 aliphatic heterocycles. The monoisotopic (exact) mass is 337 g/mol. The number of nitrogens with zero attached hydrogens (tertiary/aromatic N) is 1. The van der Waals surface area contributed by atoms with Crippen LogP contribution in [0.1, 0.15) is 35.2 Å². The normalized spacial score (nSPS) is 16.6. The Morgan fingerprint density at radius 1 is 1.32 bits per heavy atom. The predicted octanol–water partition coefficient (Wildman–Crippen LogP) is 2.58. The maximum atomic E-state index is 12.9. The van der Waals surface area contributed by atoms with Crippen molar-refractivity contribution in [1.29, 1.82) is 0 Å². The summed E-state index contributed by atoms with van der Waals surface area (Å²) in [6.45, 7) is 0. The van der Waals surface area contributed by atoms with Gasteiger partial charge in [-0.15, -0.1) is 0 Å². The van der Waals surface area contributed by atoms with Crippen LogP contribution in [-0.4, -0.2) is 36.9 Å². The van der Waals surface area contributed by atoms with Gasteiger partial charge in [0.15, 0.2) is 0 Å². The first kappa shape index (κ1) is 16.8. The lowest BCUT2D eigenvalue weighted by Gasteiger charge is -2.33. The smallest absolute Gasteiger partial charge is 0.417 e. The molecule has 1 fully saturated rings. The molecule has 2 rings (SSSR count). The number of benzene rings is 1. The fourth-order valence-electron chi connectivity index (χ4n) is 2.22. The van der Waals surface area contributed by atoms with Gasteiger partial charge in [-0.2, -0.15) is 17.5 Å². The van der Waals surface area contributed by atoms with E-state index in [1.807, 2.05) is 0 Å². The second-order valence-electron chi connectivity index (χ2n) is 5.12. The minimum atomic E-state index is -4.95. The van der Waals surface area contributed by atoms with Crippen LogP contribution in [-0.2, 0) is 16.2 Å². The fourth-order valence-corrected chi connectivity index (χ4v) is 3.66. The van der Waals surface area contributed by atoms with Gasteiger partial charge in [0, 0.05) is 13.1 Å². The van der Waals surface area contributed by atoms with Gasteiger partial charge in [0.05, 0.1) is 16.0 Å². The quantitative estimate of drug-likeness (QED) is 0.916. The minimum Gasteiger partial charge on any atom is -0.478 e. The lowest BCUT2D eigenvalue weighted by atomic mass is 9.94. The number of carboxylic acids is 1. The van der Waals surface area contributed by atoms with Crippen molar-refractivity contribution in [3.05, 3.63) is 29.3 Å². The van der Waals surface area contributed by atoms with Crippen LogP contribution in [0.25, 0.3) is 0 Å². The molecule has 22 heavy (non-hydrogen) atoms. The SMILES string of the molecule is CN(C1CCC1)S(=O)(=O)c1ccc(C(=O)O)c(C(F)(F)F)c1. The molecular weight excluding hydrogens is 323 g/mol. The Hall–Kier alpha value is -1.61. The third-order valence-corrected chi connectivity index (χ3v) is 5.70. The van der Waals surface area contributed by atoms with Gasteiger partial charge >= 0.3 is 12.1 Å². The Kier molecular flexibility index (Phi) is 4.22. The zero-order chi connectivity index (χ0) is 16.7. The van der Waals surface area contributed by atoms with Crippen LogP contribution >= 0.6 is 0 Å². The average molecular weight is 337 g/mol. The van der Waals surface area contributed by atoms with E-state index in [0.29, 0.717) is 25.0 Å². The van der Waals surface area contributed by atoms with Crippen molar-refractivity contribution in [3.63, 3.8) is 0 Å². The summed E-state index contributed by atoms with van der Waals surface area (Å²) in [5.41, 5.74) is -2.44. The van der Waals surface area contributed by atoms with E-state index in [9.17, 15) is 26.4 Å². The molecule has 1 aromatic rings. The van der Waals surface area contributed by atoms with E-state index in [1.54, 1.807) is 0 Å². The molecule has 122 valence electrons. The molecule has 1 aromatic carbocycles. The van der Waals surface area contributed by atoms with Crippen LogP contribution in [0, 0.1) is 0 Å². The summed E-state index contributed by atoms with van der Waals surface area (Å²) in [6.07, 6.45) is -2.76. The van der Waals surface area contributed by atoms with Crippen LogP contribution in [0.15, 0.2) is 23.1 Å². The van der Waals surface area contributed by atoms with Crippen LogP contribution < -0.4 is 0 Å². The Labute approximate surface area is 125 Å². The van der Waals surface area contributed by atoms with Crippen molar-refractivity contribution >= 4 is 16.0 Å². The Bertz CT molecular complexity index is 696. The van der Waals surface area contributed by atoms with Gasteiger partial charge < -0.3 is 5.11 Å². The van der Waals surface area contributed by atoms with Crippen LogP contribution in [0.3, 0.4) is 0 Å². The first-order chi connectivity index (χ1) is 10.0.